The number of carbonyl (C=O) groups is 1. The van der Waals surface area contributed by atoms with Gasteiger partial charge in [0.2, 0.25) is 5.91 Å². The van der Waals surface area contributed by atoms with Crippen LogP contribution in [0.5, 0.6) is 5.75 Å². The number of amides is 1. The van der Waals surface area contributed by atoms with Crippen molar-refractivity contribution in [2.24, 2.45) is 0 Å². The highest BCUT2D eigenvalue weighted by Gasteiger charge is 2.22. The van der Waals surface area contributed by atoms with Crippen LogP contribution in [0, 0.1) is 6.92 Å². The molecule has 0 spiro atoms. The molecule has 9 heteroatoms. The second kappa shape index (κ2) is 7.97. The van der Waals surface area contributed by atoms with Crippen molar-refractivity contribution >= 4 is 23.4 Å². The molecule has 146 valence electrons. The van der Waals surface area contributed by atoms with Crippen LogP contribution in [0.15, 0.2) is 50.7 Å². The van der Waals surface area contributed by atoms with E-state index >= 15 is 0 Å². The number of benzene rings is 1. The quantitative estimate of drug-likeness (QED) is 0.653. The van der Waals surface area contributed by atoms with Crippen LogP contribution in [0.4, 0.5) is 5.69 Å². The van der Waals surface area contributed by atoms with Gasteiger partial charge in [-0.15, -0.1) is 10.2 Å². The molecule has 0 bridgehead atoms. The number of hydrogen-bond donors (Lipinski definition) is 1. The Balaban J connectivity index is 1.28. The van der Waals surface area contributed by atoms with Crippen molar-refractivity contribution < 1.29 is 18.7 Å². The van der Waals surface area contributed by atoms with Crippen LogP contribution in [-0.4, -0.2) is 58.0 Å². The smallest absolute Gasteiger partial charge is 0.277 e. The lowest BCUT2D eigenvalue weighted by Gasteiger charge is -2.36. The van der Waals surface area contributed by atoms with Gasteiger partial charge < -0.3 is 23.7 Å². The minimum atomic E-state index is 0.0506. The number of aromatic hydroxyl groups is 1. The SMILES string of the molecule is Cc1occc1-c1nnc(SCC(=O)N2CCN(c3ccc(O)cc3)CC2)o1. The molecule has 1 fully saturated rings. The van der Waals surface area contributed by atoms with Gasteiger partial charge in [-0.1, -0.05) is 11.8 Å². The lowest BCUT2D eigenvalue weighted by Crippen LogP contribution is -2.49. The minimum Gasteiger partial charge on any atom is -0.508 e. The van der Waals surface area contributed by atoms with Gasteiger partial charge in [-0.2, -0.15) is 0 Å². The fourth-order valence-electron chi connectivity index (χ4n) is 3.08. The largest absolute Gasteiger partial charge is 0.508 e. The summed E-state index contributed by atoms with van der Waals surface area (Å²) in [5.74, 6) is 1.66. The van der Waals surface area contributed by atoms with Crippen molar-refractivity contribution in [2.45, 2.75) is 12.1 Å². The Morgan fingerprint density at radius 2 is 1.89 bits per heavy atom. The third-order valence-electron chi connectivity index (χ3n) is 4.66. The average Bonchev–Trinajstić information content (AvgIpc) is 3.35. The van der Waals surface area contributed by atoms with Crippen molar-refractivity contribution in [1.82, 2.24) is 15.1 Å². The van der Waals surface area contributed by atoms with Crippen LogP contribution in [0.25, 0.3) is 11.5 Å². The number of phenolic OH excluding ortho intramolecular Hbond substituents is 1. The second-order valence-corrected chi connectivity index (χ2v) is 7.36. The summed E-state index contributed by atoms with van der Waals surface area (Å²) < 4.78 is 10.9. The Bertz CT molecular complexity index is 945. The molecule has 0 radical (unpaired) electrons. The fourth-order valence-corrected chi connectivity index (χ4v) is 3.74. The topological polar surface area (TPSA) is 95.8 Å². The van der Waals surface area contributed by atoms with E-state index in [-0.39, 0.29) is 17.4 Å². The number of aromatic nitrogens is 2. The Morgan fingerprint density at radius 1 is 1.14 bits per heavy atom. The Labute approximate surface area is 166 Å². The lowest BCUT2D eigenvalue weighted by atomic mass is 10.2. The van der Waals surface area contributed by atoms with Gasteiger partial charge in [-0.05, 0) is 37.3 Å². The number of hydrogen-bond acceptors (Lipinski definition) is 8. The summed E-state index contributed by atoms with van der Waals surface area (Å²) in [5.41, 5.74) is 1.81. The first-order valence-corrected chi connectivity index (χ1v) is 9.91. The van der Waals surface area contributed by atoms with Crippen LogP contribution in [0.1, 0.15) is 5.76 Å². The summed E-state index contributed by atoms with van der Waals surface area (Å²) in [4.78, 5) is 16.5. The van der Waals surface area contributed by atoms with Crippen molar-refractivity contribution in [3.8, 4) is 17.2 Å². The van der Waals surface area contributed by atoms with Gasteiger partial charge in [0.05, 0.1) is 17.6 Å². The lowest BCUT2D eigenvalue weighted by molar-refractivity contribution is -0.128. The number of rotatable bonds is 5. The first-order valence-electron chi connectivity index (χ1n) is 8.92. The normalized spacial score (nSPS) is 14.5. The molecule has 2 aromatic heterocycles. The fraction of sp³-hybridized carbons (Fsp3) is 0.316. The molecule has 3 aromatic rings. The molecule has 0 unspecified atom stereocenters. The molecule has 1 N–H and O–H groups in total. The standard InChI is InChI=1S/C19H20N4O4S/c1-13-16(6-11-26-13)18-20-21-19(27-18)28-12-17(25)23-9-7-22(8-10-23)14-2-4-15(24)5-3-14/h2-6,11,24H,7-10,12H2,1H3. The molecule has 0 atom stereocenters. The van der Waals surface area contributed by atoms with Crippen molar-refractivity contribution in [3.05, 3.63) is 42.4 Å². The van der Waals surface area contributed by atoms with E-state index in [4.69, 9.17) is 8.83 Å². The van der Waals surface area contributed by atoms with E-state index in [1.165, 1.54) is 11.8 Å². The highest BCUT2D eigenvalue weighted by Crippen LogP contribution is 2.26. The summed E-state index contributed by atoms with van der Waals surface area (Å²) in [6.45, 7) is 4.65. The monoisotopic (exact) mass is 400 g/mol. The summed E-state index contributed by atoms with van der Waals surface area (Å²) in [6, 6.07) is 8.89. The van der Waals surface area contributed by atoms with Crippen molar-refractivity contribution in [1.29, 1.82) is 0 Å². The molecule has 28 heavy (non-hydrogen) atoms. The second-order valence-electron chi connectivity index (χ2n) is 6.44. The van der Waals surface area contributed by atoms with Crippen LogP contribution < -0.4 is 4.90 Å². The van der Waals surface area contributed by atoms with E-state index in [2.05, 4.69) is 15.1 Å². The zero-order valence-electron chi connectivity index (χ0n) is 15.4. The molecular formula is C19H20N4O4S. The van der Waals surface area contributed by atoms with Crippen LogP contribution in [-0.2, 0) is 4.79 Å². The first kappa shape index (κ1) is 18.4. The van der Waals surface area contributed by atoms with Gasteiger partial charge in [-0.3, -0.25) is 4.79 Å². The molecular weight excluding hydrogens is 380 g/mol. The summed E-state index contributed by atoms with van der Waals surface area (Å²) in [5, 5.41) is 17.8. The maximum atomic E-state index is 12.5. The van der Waals surface area contributed by atoms with Gasteiger partial charge >= 0.3 is 0 Å². The number of phenols is 1. The number of aryl methyl sites for hydroxylation is 1. The molecule has 8 nitrogen and oxygen atoms in total. The number of thioether (sulfide) groups is 1. The zero-order chi connectivity index (χ0) is 19.5. The molecule has 4 rings (SSSR count). The zero-order valence-corrected chi connectivity index (χ0v) is 16.2. The van der Waals surface area contributed by atoms with Gasteiger partial charge in [0, 0.05) is 31.9 Å². The van der Waals surface area contributed by atoms with Crippen LogP contribution >= 0.6 is 11.8 Å². The minimum absolute atomic E-state index is 0.0506. The number of piperazine rings is 1. The van der Waals surface area contributed by atoms with Gasteiger partial charge in [0.15, 0.2) is 0 Å². The highest BCUT2D eigenvalue weighted by molar-refractivity contribution is 7.99. The molecule has 1 aromatic carbocycles. The number of carbonyl (C=O) groups excluding carboxylic acids is 1. The summed E-state index contributed by atoms with van der Waals surface area (Å²) >= 11 is 1.24. The van der Waals surface area contributed by atoms with Crippen LogP contribution in [0.3, 0.4) is 0 Å². The first-order chi connectivity index (χ1) is 13.6. The number of nitrogens with zero attached hydrogens (tertiary/aromatic N) is 4. The molecule has 3 heterocycles. The third-order valence-corrected chi connectivity index (χ3v) is 5.47. The molecule has 1 saturated heterocycles. The van der Waals surface area contributed by atoms with Gasteiger partial charge in [0.25, 0.3) is 11.1 Å². The number of anilines is 1. The van der Waals surface area contributed by atoms with E-state index in [9.17, 15) is 9.90 Å². The maximum Gasteiger partial charge on any atom is 0.277 e. The molecule has 0 aliphatic carbocycles. The molecule has 1 aliphatic heterocycles. The van der Waals surface area contributed by atoms with Crippen molar-refractivity contribution in [2.75, 3.05) is 36.8 Å². The number of furan rings is 1. The highest BCUT2D eigenvalue weighted by atomic mass is 32.2. The Kier molecular flexibility index (Phi) is 5.25. The van der Waals surface area contributed by atoms with Gasteiger partial charge in [0.1, 0.15) is 11.5 Å². The van der Waals surface area contributed by atoms with Gasteiger partial charge in [-0.25, -0.2) is 0 Å². The summed E-state index contributed by atoms with van der Waals surface area (Å²) in [7, 11) is 0. The van der Waals surface area contributed by atoms with E-state index in [0.29, 0.717) is 30.0 Å². The Morgan fingerprint density at radius 3 is 2.57 bits per heavy atom. The molecule has 0 saturated carbocycles. The molecule has 1 amide bonds. The predicted octanol–water partition coefficient (Wildman–Crippen LogP) is 2.78. The van der Waals surface area contributed by atoms with E-state index in [0.717, 1.165) is 24.3 Å². The van der Waals surface area contributed by atoms with Crippen molar-refractivity contribution in [3.63, 3.8) is 0 Å². The Hall–Kier alpha value is -2.94. The molecule has 1 aliphatic rings. The summed E-state index contributed by atoms with van der Waals surface area (Å²) in [6.07, 6.45) is 1.57. The van der Waals surface area contributed by atoms with E-state index in [1.807, 2.05) is 24.0 Å². The van der Waals surface area contributed by atoms with Crippen LogP contribution in [0.2, 0.25) is 0 Å². The van der Waals surface area contributed by atoms with E-state index in [1.54, 1.807) is 24.5 Å². The third kappa shape index (κ3) is 3.99. The maximum absolute atomic E-state index is 12.5. The predicted molar refractivity (Wildman–Crippen MR) is 104 cm³/mol. The average molecular weight is 400 g/mol. The van der Waals surface area contributed by atoms with E-state index < -0.39 is 0 Å².